The van der Waals surface area contributed by atoms with Gasteiger partial charge in [-0.05, 0) is 114 Å². The van der Waals surface area contributed by atoms with E-state index in [0.29, 0.717) is 0 Å². The Morgan fingerprint density at radius 3 is 1.61 bits per heavy atom. The zero-order chi connectivity index (χ0) is 36.2. The predicted octanol–water partition coefficient (Wildman–Crippen LogP) is 14.8. The van der Waals surface area contributed by atoms with Gasteiger partial charge in [0, 0.05) is 22.2 Å². The van der Waals surface area contributed by atoms with Crippen molar-refractivity contribution in [3.63, 3.8) is 0 Å². The monoisotopic (exact) mass is 689 g/mol. The first-order valence-corrected chi connectivity index (χ1v) is 18.8. The summed E-state index contributed by atoms with van der Waals surface area (Å²) >= 11 is 0. The topological polar surface area (TPSA) is 3.24 Å². The van der Waals surface area contributed by atoms with Crippen molar-refractivity contribution in [1.82, 2.24) is 0 Å². The SMILES string of the molecule is CC1(C)c2cc(-c3ccc(-c4ccc5ccccc5c4)cc3)ccc2-c2ccc(N(c3ccccc3)c3ccc(-c4ccccc4)c4ccccc34)cc21. The molecule has 0 atom stereocenters. The molecule has 256 valence electrons. The second-order valence-corrected chi connectivity index (χ2v) is 15.0. The summed E-state index contributed by atoms with van der Waals surface area (Å²) < 4.78 is 0. The van der Waals surface area contributed by atoms with Gasteiger partial charge in [0.25, 0.3) is 0 Å². The van der Waals surface area contributed by atoms with Crippen LogP contribution in [0.5, 0.6) is 0 Å². The average Bonchev–Trinajstić information content (AvgIpc) is 3.46. The van der Waals surface area contributed by atoms with Crippen molar-refractivity contribution in [1.29, 1.82) is 0 Å². The van der Waals surface area contributed by atoms with E-state index in [1.54, 1.807) is 0 Å². The quantitative estimate of drug-likeness (QED) is 0.168. The lowest BCUT2D eigenvalue weighted by molar-refractivity contribution is 0.660. The third kappa shape index (κ3) is 5.32. The van der Waals surface area contributed by atoms with Gasteiger partial charge in [-0.1, -0.05) is 172 Å². The smallest absolute Gasteiger partial charge is 0.0540 e. The molecule has 10 rings (SSSR count). The summed E-state index contributed by atoms with van der Waals surface area (Å²) in [5, 5.41) is 5.00. The van der Waals surface area contributed by atoms with Crippen LogP contribution in [-0.4, -0.2) is 0 Å². The van der Waals surface area contributed by atoms with Gasteiger partial charge in [0.2, 0.25) is 0 Å². The molecule has 0 saturated heterocycles. The molecule has 0 heterocycles. The number of hydrogen-bond acceptors (Lipinski definition) is 1. The van der Waals surface area contributed by atoms with Gasteiger partial charge >= 0.3 is 0 Å². The van der Waals surface area contributed by atoms with Gasteiger partial charge in [0.05, 0.1) is 5.69 Å². The third-order valence-electron chi connectivity index (χ3n) is 11.5. The Morgan fingerprint density at radius 2 is 0.870 bits per heavy atom. The van der Waals surface area contributed by atoms with Gasteiger partial charge in [-0.15, -0.1) is 0 Å². The Balaban J connectivity index is 1.03. The number of fused-ring (bicyclic) bond motifs is 5. The van der Waals surface area contributed by atoms with Crippen molar-refractivity contribution in [3.8, 4) is 44.5 Å². The first-order valence-electron chi connectivity index (χ1n) is 18.8. The predicted molar refractivity (Wildman–Crippen MR) is 230 cm³/mol. The van der Waals surface area contributed by atoms with E-state index < -0.39 is 0 Å². The highest BCUT2D eigenvalue weighted by atomic mass is 15.1. The molecule has 0 aliphatic heterocycles. The minimum Gasteiger partial charge on any atom is -0.310 e. The van der Waals surface area contributed by atoms with Crippen LogP contribution in [0.4, 0.5) is 17.1 Å². The number of para-hydroxylation sites is 1. The van der Waals surface area contributed by atoms with Gasteiger partial charge in [-0.25, -0.2) is 0 Å². The van der Waals surface area contributed by atoms with E-state index in [9.17, 15) is 0 Å². The maximum atomic E-state index is 2.43. The van der Waals surface area contributed by atoms with E-state index in [1.165, 1.54) is 82.9 Å². The summed E-state index contributed by atoms with van der Waals surface area (Å²) in [5.74, 6) is 0. The molecule has 1 heteroatoms. The first-order chi connectivity index (χ1) is 26.5. The lowest BCUT2D eigenvalue weighted by Gasteiger charge is -2.29. The summed E-state index contributed by atoms with van der Waals surface area (Å²) in [7, 11) is 0. The van der Waals surface area contributed by atoms with Crippen molar-refractivity contribution in [2.24, 2.45) is 0 Å². The normalized spacial score (nSPS) is 12.8. The average molecular weight is 690 g/mol. The third-order valence-corrected chi connectivity index (χ3v) is 11.5. The summed E-state index contributed by atoms with van der Waals surface area (Å²) in [6.45, 7) is 4.76. The Hall–Kier alpha value is -6.70. The molecule has 0 saturated carbocycles. The molecule has 54 heavy (non-hydrogen) atoms. The highest BCUT2D eigenvalue weighted by Crippen LogP contribution is 2.52. The van der Waals surface area contributed by atoms with Crippen molar-refractivity contribution in [2.45, 2.75) is 19.3 Å². The van der Waals surface area contributed by atoms with Crippen LogP contribution in [0.25, 0.3) is 66.1 Å². The van der Waals surface area contributed by atoms with E-state index in [1.807, 2.05) is 0 Å². The standard InChI is InChI=1S/C53H39N/c1-53(2)50-34-42(38-23-21-37(22-24-38)41-26-25-36-13-9-10-16-40(36)33-41)27-29-47(50)48-30-28-44(35-51(48)53)54(43-17-7-4-8-18-43)52-32-31-45(39-14-5-3-6-15-39)46-19-11-12-20-49(46)52/h3-35H,1-2H3. The van der Waals surface area contributed by atoms with Crippen molar-refractivity contribution in [2.75, 3.05) is 4.90 Å². The maximum Gasteiger partial charge on any atom is 0.0540 e. The lowest BCUT2D eigenvalue weighted by Crippen LogP contribution is -2.17. The Morgan fingerprint density at radius 1 is 0.333 bits per heavy atom. The number of nitrogens with zero attached hydrogens (tertiary/aromatic N) is 1. The molecule has 0 unspecified atom stereocenters. The second-order valence-electron chi connectivity index (χ2n) is 15.0. The molecule has 9 aromatic rings. The zero-order valence-electron chi connectivity index (χ0n) is 30.5. The second kappa shape index (κ2) is 12.8. The van der Waals surface area contributed by atoms with Crippen LogP contribution in [-0.2, 0) is 5.41 Å². The van der Waals surface area contributed by atoms with Crippen molar-refractivity contribution < 1.29 is 0 Å². The fourth-order valence-electron chi connectivity index (χ4n) is 8.62. The molecule has 1 nitrogen and oxygen atoms in total. The molecule has 9 aromatic carbocycles. The van der Waals surface area contributed by atoms with Gasteiger partial charge in [0.1, 0.15) is 0 Å². The fourth-order valence-corrected chi connectivity index (χ4v) is 8.62. The minimum absolute atomic E-state index is 0.177. The summed E-state index contributed by atoms with van der Waals surface area (Å²) in [4.78, 5) is 2.43. The fraction of sp³-hybridized carbons (Fsp3) is 0.0566. The largest absolute Gasteiger partial charge is 0.310 e. The van der Waals surface area contributed by atoms with Gasteiger partial charge in [0.15, 0.2) is 0 Å². The molecule has 0 amide bonds. The van der Waals surface area contributed by atoms with Crippen LogP contribution in [0.15, 0.2) is 200 Å². The van der Waals surface area contributed by atoms with Crippen molar-refractivity contribution in [3.05, 3.63) is 211 Å². The highest BCUT2D eigenvalue weighted by molar-refractivity contribution is 6.06. The molecule has 0 radical (unpaired) electrons. The first kappa shape index (κ1) is 32.0. The Bertz CT molecular complexity index is 2830. The summed E-state index contributed by atoms with van der Waals surface area (Å²) in [6, 6.07) is 73.3. The molecule has 0 spiro atoms. The highest BCUT2D eigenvalue weighted by Gasteiger charge is 2.36. The van der Waals surface area contributed by atoms with E-state index in [-0.39, 0.29) is 5.41 Å². The molecule has 0 N–H and O–H groups in total. The van der Waals surface area contributed by atoms with E-state index in [0.717, 1.165) is 11.4 Å². The van der Waals surface area contributed by atoms with E-state index in [2.05, 4.69) is 219 Å². The molecule has 0 aromatic heterocycles. The maximum absolute atomic E-state index is 2.43. The number of hydrogen-bond donors (Lipinski definition) is 0. The van der Waals surface area contributed by atoms with Crippen LogP contribution in [0, 0.1) is 0 Å². The Labute approximate surface area is 317 Å². The molecule has 1 aliphatic rings. The zero-order valence-corrected chi connectivity index (χ0v) is 30.5. The van der Waals surface area contributed by atoms with Crippen LogP contribution >= 0.6 is 0 Å². The minimum atomic E-state index is -0.177. The van der Waals surface area contributed by atoms with E-state index >= 15 is 0 Å². The molecule has 1 aliphatic carbocycles. The van der Waals surface area contributed by atoms with Crippen LogP contribution in [0.3, 0.4) is 0 Å². The molecular formula is C53H39N. The molecule has 0 bridgehead atoms. The van der Waals surface area contributed by atoms with Gasteiger partial charge in [-0.2, -0.15) is 0 Å². The van der Waals surface area contributed by atoms with Gasteiger partial charge in [-0.3, -0.25) is 0 Å². The summed E-state index contributed by atoms with van der Waals surface area (Å²) in [5.41, 5.74) is 16.1. The number of benzene rings is 9. The van der Waals surface area contributed by atoms with E-state index in [4.69, 9.17) is 0 Å². The molecule has 0 fully saturated rings. The molecular weight excluding hydrogens is 651 g/mol. The van der Waals surface area contributed by atoms with Crippen molar-refractivity contribution >= 4 is 38.6 Å². The Kier molecular flexibility index (Phi) is 7.56. The van der Waals surface area contributed by atoms with Crippen LogP contribution in [0.1, 0.15) is 25.0 Å². The number of rotatable bonds is 6. The summed E-state index contributed by atoms with van der Waals surface area (Å²) in [6.07, 6.45) is 0. The van der Waals surface area contributed by atoms with Crippen LogP contribution < -0.4 is 4.90 Å². The number of anilines is 3. The van der Waals surface area contributed by atoms with Crippen LogP contribution in [0.2, 0.25) is 0 Å². The lowest BCUT2D eigenvalue weighted by atomic mass is 9.81. The van der Waals surface area contributed by atoms with Gasteiger partial charge < -0.3 is 4.90 Å².